The maximum absolute atomic E-state index is 12.6. The fraction of sp³-hybridized carbons (Fsp3) is 0.600. The van der Waals surface area contributed by atoms with Crippen LogP contribution in [0.5, 0.6) is 0 Å². The zero-order chi connectivity index (χ0) is 18.3. The van der Waals surface area contributed by atoms with E-state index in [-0.39, 0.29) is 29.3 Å². The van der Waals surface area contributed by atoms with Gasteiger partial charge in [-0.25, -0.2) is 5.43 Å². The van der Waals surface area contributed by atoms with Gasteiger partial charge in [-0.15, -0.1) is 0 Å². The summed E-state index contributed by atoms with van der Waals surface area (Å²) in [6.07, 6.45) is 1.49. The average Bonchev–Trinajstić information content (AvgIpc) is 3.30. The van der Waals surface area contributed by atoms with Gasteiger partial charge in [0.15, 0.2) is 0 Å². The van der Waals surface area contributed by atoms with Gasteiger partial charge in [0, 0.05) is 44.6 Å². The molecule has 2 heterocycles. The van der Waals surface area contributed by atoms with E-state index in [1.165, 1.54) is 5.56 Å². The number of rotatable bonds is 3. The van der Waals surface area contributed by atoms with Gasteiger partial charge < -0.3 is 4.90 Å². The highest BCUT2D eigenvalue weighted by atomic mass is 16.2. The Balaban J connectivity index is 1.41. The molecule has 1 saturated carbocycles. The molecule has 0 aromatic heterocycles. The summed E-state index contributed by atoms with van der Waals surface area (Å²) in [5.41, 5.74) is 7.32. The van der Waals surface area contributed by atoms with Crippen molar-refractivity contribution < 1.29 is 9.59 Å². The number of nitrogens with zero attached hydrogens (tertiary/aromatic N) is 2. The Morgan fingerprint density at radius 1 is 1.12 bits per heavy atom. The van der Waals surface area contributed by atoms with E-state index in [0.29, 0.717) is 12.3 Å². The molecule has 2 amide bonds. The summed E-state index contributed by atoms with van der Waals surface area (Å²) in [7, 11) is 0. The summed E-state index contributed by atoms with van der Waals surface area (Å²) < 4.78 is 0. The van der Waals surface area contributed by atoms with Crippen LogP contribution < -0.4 is 10.9 Å². The molecule has 0 bridgehead atoms. The summed E-state index contributed by atoms with van der Waals surface area (Å²) >= 11 is 0. The molecule has 4 rings (SSSR count). The number of nitrogens with one attached hydrogen (secondary N) is 2. The number of carbonyl (C=O) groups is 2. The molecule has 2 N–H and O–H groups in total. The van der Waals surface area contributed by atoms with E-state index in [9.17, 15) is 9.59 Å². The molecule has 1 aromatic rings. The summed E-state index contributed by atoms with van der Waals surface area (Å²) in [6.45, 7) is 7.49. The molecule has 3 aliphatic rings. The molecular weight excluding hydrogens is 328 g/mol. The molecule has 1 aromatic carbocycles. The third-order valence-electron chi connectivity index (χ3n) is 6.21. The summed E-state index contributed by atoms with van der Waals surface area (Å²) in [6, 6.07) is 10.4. The monoisotopic (exact) mass is 356 g/mol. The van der Waals surface area contributed by atoms with Crippen LogP contribution in [0.1, 0.15) is 38.3 Å². The van der Waals surface area contributed by atoms with E-state index in [4.69, 9.17) is 0 Å². The molecule has 2 saturated heterocycles. The van der Waals surface area contributed by atoms with Gasteiger partial charge in [-0.2, -0.15) is 0 Å². The second kappa shape index (κ2) is 6.67. The number of carbonyl (C=O) groups excluding carboxylic acids is 2. The maximum atomic E-state index is 12.6. The van der Waals surface area contributed by atoms with Crippen molar-refractivity contribution in [2.75, 3.05) is 26.2 Å². The number of hydrogen-bond donors (Lipinski definition) is 2. The number of amides is 2. The first-order chi connectivity index (χ1) is 12.5. The Morgan fingerprint density at radius 2 is 1.77 bits per heavy atom. The molecule has 26 heavy (non-hydrogen) atoms. The quantitative estimate of drug-likeness (QED) is 0.857. The maximum Gasteiger partial charge on any atom is 0.235 e. The number of benzene rings is 1. The number of hydrazine groups is 1. The summed E-state index contributed by atoms with van der Waals surface area (Å²) in [5.74, 6) is 0.544. The number of piperazine rings is 1. The lowest BCUT2D eigenvalue weighted by atomic mass is 9.93. The lowest BCUT2D eigenvalue weighted by Crippen LogP contribution is -2.60. The Bertz CT molecular complexity index is 682. The lowest BCUT2D eigenvalue weighted by Gasteiger charge is -2.44. The third kappa shape index (κ3) is 3.35. The Morgan fingerprint density at radius 3 is 2.38 bits per heavy atom. The SMILES string of the molecule is CC1(C)CC1C(=O)N1CCN(C2CC(=O)NNC2c2ccccc2)CC1. The van der Waals surface area contributed by atoms with Crippen LogP contribution in [0.2, 0.25) is 0 Å². The lowest BCUT2D eigenvalue weighted by molar-refractivity contribution is -0.137. The van der Waals surface area contributed by atoms with E-state index in [1.54, 1.807) is 0 Å². The molecule has 6 nitrogen and oxygen atoms in total. The van der Waals surface area contributed by atoms with Crippen molar-refractivity contribution in [2.24, 2.45) is 11.3 Å². The van der Waals surface area contributed by atoms with Gasteiger partial charge in [-0.1, -0.05) is 44.2 Å². The highest BCUT2D eigenvalue weighted by Gasteiger charge is 2.52. The Labute approximate surface area is 154 Å². The van der Waals surface area contributed by atoms with Gasteiger partial charge in [0.1, 0.15) is 0 Å². The topological polar surface area (TPSA) is 64.7 Å². The molecule has 3 fully saturated rings. The van der Waals surface area contributed by atoms with E-state index < -0.39 is 0 Å². The van der Waals surface area contributed by atoms with Crippen LogP contribution in [-0.4, -0.2) is 53.8 Å². The molecule has 0 spiro atoms. The second-order valence-electron chi connectivity index (χ2n) is 8.46. The van der Waals surface area contributed by atoms with Gasteiger partial charge in [0.2, 0.25) is 11.8 Å². The van der Waals surface area contributed by atoms with Gasteiger partial charge in [-0.05, 0) is 17.4 Å². The highest BCUT2D eigenvalue weighted by Crippen LogP contribution is 2.52. The van der Waals surface area contributed by atoms with E-state index in [2.05, 4.69) is 41.7 Å². The minimum absolute atomic E-state index is 0.0282. The first-order valence-electron chi connectivity index (χ1n) is 9.58. The minimum Gasteiger partial charge on any atom is -0.340 e. The van der Waals surface area contributed by atoms with Gasteiger partial charge in [0.25, 0.3) is 0 Å². The van der Waals surface area contributed by atoms with Crippen LogP contribution in [-0.2, 0) is 9.59 Å². The van der Waals surface area contributed by atoms with Crippen LogP contribution in [0.3, 0.4) is 0 Å². The molecule has 3 unspecified atom stereocenters. The average molecular weight is 356 g/mol. The van der Waals surface area contributed by atoms with Crippen molar-refractivity contribution in [3.8, 4) is 0 Å². The van der Waals surface area contributed by atoms with Crippen molar-refractivity contribution in [1.82, 2.24) is 20.7 Å². The molecular formula is C20H28N4O2. The van der Waals surface area contributed by atoms with Crippen LogP contribution in [0.15, 0.2) is 30.3 Å². The normalized spacial score (nSPS) is 31.4. The van der Waals surface area contributed by atoms with Crippen molar-refractivity contribution in [3.63, 3.8) is 0 Å². The summed E-state index contributed by atoms with van der Waals surface area (Å²) in [4.78, 5) is 29.0. The van der Waals surface area contributed by atoms with Crippen LogP contribution in [0.25, 0.3) is 0 Å². The molecule has 0 radical (unpaired) electrons. The highest BCUT2D eigenvalue weighted by molar-refractivity contribution is 5.82. The van der Waals surface area contributed by atoms with Gasteiger partial charge in [0.05, 0.1) is 6.04 Å². The molecule has 2 aliphatic heterocycles. The molecule has 140 valence electrons. The first-order valence-corrected chi connectivity index (χ1v) is 9.58. The first kappa shape index (κ1) is 17.5. The Hall–Kier alpha value is -1.92. The molecule has 1 aliphatic carbocycles. The van der Waals surface area contributed by atoms with E-state index in [0.717, 1.165) is 32.6 Å². The molecule has 3 atom stereocenters. The van der Waals surface area contributed by atoms with Gasteiger partial charge >= 0.3 is 0 Å². The van der Waals surface area contributed by atoms with Crippen LogP contribution in [0.4, 0.5) is 0 Å². The van der Waals surface area contributed by atoms with E-state index >= 15 is 0 Å². The van der Waals surface area contributed by atoms with Crippen molar-refractivity contribution >= 4 is 11.8 Å². The van der Waals surface area contributed by atoms with Crippen molar-refractivity contribution in [2.45, 2.75) is 38.8 Å². The largest absolute Gasteiger partial charge is 0.340 e. The minimum atomic E-state index is 0.0282. The zero-order valence-corrected chi connectivity index (χ0v) is 15.6. The predicted octanol–water partition coefficient (Wildman–Crippen LogP) is 1.31. The predicted molar refractivity (Wildman–Crippen MR) is 98.9 cm³/mol. The fourth-order valence-corrected chi connectivity index (χ4v) is 4.30. The fourth-order valence-electron chi connectivity index (χ4n) is 4.30. The van der Waals surface area contributed by atoms with Gasteiger partial charge in [-0.3, -0.25) is 19.9 Å². The van der Waals surface area contributed by atoms with Crippen molar-refractivity contribution in [1.29, 1.82) is 0 Å². The summed E-state index contributed by atoms with van der Waals surface area (Å²) in [5, 5.41) is 0. The Kier molecular flexibility index (Phi) is 4.49. The number of hydrogen-bond acceptors (Lipinski definition) is 4. The van der Waals surface area contributed by atoms with Crippen LogP contribution in [0, 0.1) is 11.3 Å². The van der Waals surface area contributed by atoms with Crippen molar-refractivity contribution in [3.05, 3.63) is 35.9 Å². The third-order valence-corrected chi connectivity index (χ3v) is 6.21. The second-order valence-corrected chi connectivity index (χ2v) is 8.46. The molecule has 6 heteroatoms. The van der Waals surface area contributed by atoms with E-state index in [1.807, 2.05) is 23.1 Å². The van der Waals surface area contributed by atoms with Crippen LogP contribution >= 0.6 is 0 Å². The standard InChI is InChI=1S/C20H28N4O2/c1-20(2)13-15(20)19(26)24-10-8-23(9-11-24)16-12-17(25)21-22-18(16)14-6-4-3-5-7-14/h3-7,15-16,18,22H,8-13H2,1-2H3,(H,21,25). The smallest absolute Gasteiger partial charge is 0.235 e. The zero-order valence-electron chi connectivity index (χ0n) is 15.6.